The predicted molar refractivity (Wildman–Crippen MR) is 190 cm³/mol. The number of hydrogen-bond acceptors (Lipinski definition) is 4. The summed E-state index contributed by atoms with van der Waals surface area (Å²) >= 11 is 0. The zero-order valence-electron chi connectivity index (χ0n) is 27.9. The first-order chi connectivity index (χ1) is 22.5. The molecule has 0 atom stereocenters. The molecule has 2 aromatic heterocycles. The molecule has 0 radical (unpaired) electrons. The van der Waals surface area contributed by atoms with Crippen molar-refractivity contribution in [3.63, 3.8) is 0 Å². The Hall–Kier alpha value is -5.22. The van der Waals surface area contributed by atoms with Crippen molar-refractivity contribution >= 4 is 0 Å². The summed E-state index contributed by atoms with van der Waals surface area (Å²) in [7, 11) is 0. The molecule has 7 rings (SSSR count). The van der Waals surface area contributed by atoms with E-state index in [-0.39, 0.29) is 16.6 Å². The number of phenols is 1. The molecular formula is C43H40N2O2. The van der Waals surface area contributed by atoms with Crippen LogP contribution in [0, 0.1) is 0 Å². The third-order valence-electron chi connectivity index (χ3n) is 9.22. The minimum absolute atomic E-state index is 0.202. The van der Waals surface area contributed by atoms with E-state index in [0.717, 1.165) is 67.5 Å². The van der Waals surface area contributed by atoms with Crippen LogP contribution in [0.15, 0.2) is 128 Å². The highest BCUT2D eigenvalue weighted by Gasteiger charge is 2.46. The van der Waals surface area contributed by atoms with E-state index < -0.39 is 5.41 Å². The fourth-order valence-corrected chi connectivity index (χ4v) is 6.97. The number of hydrogen-bond donors (Lipinski definition) is 1. The Morgan fingerprint density at radius 1 is 0.596 bits per heavy atom. The van der Waals surface area contributed by atoms with E-state index in [1.807, 2.05) is 54.7 Å². The number of ether oxygens (including phenoxy) is 1. The van der Waals surface area contributed by atoms with Crippen molar-refractivity contribution in [3.05, 3.63) is 161 Å². The summed E-state index contributed by atoms with van der Waals surface area (Å²) < 4.78 is 6.51. The molecule has 0 bridgehead atoms. The molecular weight excluding hydrogens is 576 g/mol. The topological polar surface area (TPSA) is 55.2 Å². The fraction of sp³-hybridized carbons (Fsp3) is 0.209. The molecule has 1 aliphatic rings. The largest absolute Gasteiger partial charge is 0.507 e. The van der Waals surface area contributed by atoms with E-state index in [4.69, 9.17) is 14.7 Å². The lowest BCUT2D eigenvalue weighted by atomic mass is 9.65. The number of pyridine rings is 2. The lowest BCUT2D eigenvalue weighted by molar-refractivity contribution is 0.432. The van der Waals surface area contributed by atoms with Crippen molar-refractivity contribution < 1.29 is 9.84 Å². The number of rotatable bonds is 4. The molecule has 47 heavy (non-hydrogen) atoms. The quantitative estimate of drug-likeness (QED) is 0.214. The molecule has 0 amide bonds. The molecule has 4 heteroatoms. The standard InChI is InChI=1S/C43H40N2O2/c1-41(2,3)33-27-34(42(4,5)6)40(30-18-7-10-21-35(30)46)45-39(33)28-16-15-17-29(26-28)43(38-24-13-14-25-44-38)31-19-8-11-22-36(31)47-37-23-12-9-20-32(37)43/h7-27,46H,1-6H3. The number of phenolic OH excluding ortho intramolecular Hbond substituents is 1. The van der Waals surface area contributed by atoms with Crippen LogP contribution in [0.4, 0.5) is 0 Å². The Morgan fingerprint density at radius 2 is 1.19 bits per heavy atom. The van der Waals surface area contributed by atoms with Gasteiger partial charge in [-0.15, -0.1) is 0 Å². The normalized spacial score (nSPS) is 13.7. The summed E-state index contributed by atoms with van der Waals surface area (Å²) in [6.45, 7) is 13.3. The van der Waals surface area contributed by atoms with Gasteiger partial charge < -0.3 is 9.84 Å². The zero-order valence-corrected chi connectivity index (χ0v) is 27.9. The van der Waals surface area contributed by atoms with E-state index >= 15 is 0 Å². The van der Waals surface area contributed by atoms with E-state index in [1.165, 1.54) is 0 Å². The van der Waals surface area contributed by atoms with Gasteiger partial charge in [0.05, 0.1) is 22.5 Å². The third kappa shape index (κ3) is 5.09. The summed E-state index contributed by atoms with van der Waals surface area (Å²) in [5.74, 6) is 1.84. The van der Waals surface area contributed by atoms with Crippen LogP contribution in [-0.4, -0.2) is 15.1 Å². The van der Waals surface area contributed by atoms with Gasteiger partial charge in [-0.1, -0.05) is 120 Å². The molecule has 0 saturated carbocycles. The first kappa shape index (κ1) is 30.4. The third-order valence-corrected chi connectivity index (χ3v) is 9.22. The van der Waals surface area contributed by atoms with Crippen LogP contribution in [-0.2, 0) is 16.2 Å². The van der Waals surface area contributed by atoms with Gasteiger partial charge in [0.15, 0.2) is 0 Å². The van der Waals surface area contributed by atoms with Crippen LogP contribution in [0.3, 0.4) is 0 Å². The summed E-state index contributed by atoms with van der Waals surface area (Å²) in [5.41, 5.74) is 8.60. The SMILES string of the molecule is CC(C)(C)c1cc(C(C)(C)C)c(-c2ccccc2O)nc1-c1cccc(C2(c3ccccn3)c3ccccc3Oc3ccccc32)c1. The maximum Gasteiger partial charge on any atom is 0.132 e. The van der Waals surface area contributed by atoms with Crippen LogP contribution in [0.25, 0.3) is 22.5 Å². The summed E-state index contributed by atoms with van der Waals surface area (Å²) in [4.78, 5) is 10.5. The molecule has 4 aromatic carbocycles. The highest BCUT2D eigenvalue weighted by atomic mass is 16.5. The van der Waals surface area contributed by atoms with Crippen molar-refractivity contribution in [2.45, 2.75) is 57.8 Å². The smallest absolute Gasteiger partial charge is 0.132 e. The predicted octanol–water partition coefficient (Wildman–Crippen LogP) is 10.6. The maximum absolute atomic E-state index is 11.0. The number of fused-ring (bicyclic) bond motifs is 2. The lowest BCUT2D eigenvalue weighted by Crippen LogP contribution is -2.35. The van der Waals surface area contributed by atoms with Crippen molar-refractivity contribution in [1.29, 1.82) is 0 Å². The van der Waals surface area contributed by atoms with Gasteiger partial charge in [0.1, 0.15) is 17.2 Å². The Bertz CT molecular complexity index is 2060. The molecule has 4 nitrogen and oxygen atoms in total. The molecule has 0 spiro atoms. The number of benzene rings is 4. The van der Waals surface area contributed by atoms with Crippen LogP contribution >= 0.6 is 0 Å². The molecule has 234 valence electrons. The number of para-hydroxylation sites is 3. The van der Waals surface area contributed by atoms with Gasteiger partial charge in [0.25, 0.3) is 0 Å². The second kappa shape index (κ2) is 11.2. The number of nitrogens with zero attached hydrogens (tertiary/aromatic N) is 2. The average Bonchev–Trinajstić information content (AvgIpc) is 3.06. The molecule has 1 N–H and O–H groups in total. The second-order valence-corrected chi connectivity index (χ2v) is 14.4. The molecule has 3 heterocycles. The zero-order chi connectivity index (χ0) is 33.0. The Kier molecular flexibility index (Phi) is 7.28. The van der Waals surface area contributed by atoms with E-state index in [1.54, 1.807) is 6.07 Å². The van der Waals surface area contributed by atoms with Gasteiger partial charge in [-0.25, -0.2) is 4.98 Å². The van der Waals surface area contributed by atoms with Crippen molar-refractivity contribution in [2.75, 3.05) is 0 Å². The number of aromatic hydroxyl groups is 1. The van der Waals surface area contributed by atoms with Gasteiger partial charge in [0.2, 0.25) is 0 Å². The fourth-order valence-electron chi connectivity index (χ4n) is 6.97. The van der Waals surface area contributed by atoms with Gasteiger partial charge in [-0.3, -0.25) is 4.98 Å². The van der Waals surface area contributed by atoms with E-state index in [2.05, 4.69) is 108 Å². The lowest BCUT2D eigenvalue weighted by Gasteiger charge is -2.40. The van der Waals surface area contributed by atoms with Crippen LogP contribution < -0.4 is 4.74 Å². The highest BCUT2D eigenvalue weighted by molar-refractivity contribution is 5.78. The van der Waals surface area contributed by atoms with Crippen LogP contribution in [0.5, 0.6) is 17.2 Å². The molecule has 0 fully saturated rings. The first-order valence-corrected chi connectivity index (χ1v) is 16.2. The maximum atomic E-state index is 11.0. The van der Waals surface area contributed by atoms with Gasteiger partial charge >= 0.3 is 0 Å². The van der Waals surface area contributed by atoms with Crippen LogP contribution in [0.2, 0.25) is 0 Å². The summed E-state index contributed by atoms with van der Waals surface area (Å²) in [6, 6.07) is 41.2. The van der Waals surface area contributed by atoms with Crippen molar-refractivity contribution in [2.24, 2.45) is 0 Å². The molecule has 0 saturated heterocycles. The van der Waals surface area contributed by atoms with E-state index in [0.29, 0.717) is 0 Å². The molecule has 0 aliphatic carbocycles. The summed E-state index contributed by atoms with van der Waals surface area (Å²) in [5, 5.41) is 11.0. The van der Waals surface area contributed by atoms with E-state index in [9.17, 15) is 5.11 Å². The van der Waals surface area contributed by atoms with Crippen molar-refractivity contribution in [3.8, 4) is 39.8 Å². The second-order valence-electron chi connectivity index (χ2n) is 14.4. The van der Waals surface area contributed by atoms with Crippen LogP contribution in [0.1, 0.15) is 75.1 Å². The number of aromatic nitrogens is 2. The molecule has 0 unspecified atom stereocenters. The molecule has 1 aliphatic heterocycles. The Balaban J connectivity index is 1.56. The monoisotopic (exact) mass is 616 g/mol. The highest BCUT2D eigenvalue weighted by Crippen LogP contribution is 2.55. The summed E-state index contributed by atoms with van der Waals surface area (Å²) in [6.07, 6.45) is 1.87. The minimum Gasteiger partial charge on any atom is -0.507 e. The Labute approximate surface area is 277 Å². The van der Waals surface area contributed by atoms with Gasteiger partial charge in [0, 0.05) is 28.5 Å². The first-order valence-electron chi connectivity index (χ1n) is 16.2. The van der Waals surface area contributed by atoms with Gasteiger partial charge in [-0.2, -0.15) is 0 Å². The van der Waals surface area contributed by atoms with Crippen molar-refractivity contribution in [1.82, 2.24) is 9.97 Å². The molecule has 6 aromatic rings. The Morgan fingerprint density at radius 3 is 1.81 bits per heavy atom. The average molecular weight is 617 g/mol. The van der Waals surface area contributed by atoms with Gasteiger partial charge in [-0.05, 0) is 70.0 Å². The minimum atomic E-state index is -0.740.